The van der Waals surface area contributed by atoms with E-state index in [0.29, 0.717) is 5.82 Å². The van der Waals surface area contributed by atoms with E-state index in [2.05, 4.69) is 166 Å². The van der Waals surface area contributed by atoms with E-state index in [1.165, 1.54) is 60.7 Å². The molecule has 0 radical (unpaired) electrons. The minimum atomic E-state index is -0.0847. The van der Waals surface area contributed by atoms with Crippen LogP contribution in [0.5, 0.6) is 0 Å². The average molecular weight is 767 g/mol. The number of nitrogens with zero attached hydrogens (tertiary/aromatic N) is 2. The fourth-order valence-electron chi connectivity index (χ4n) is 9.65. The predicted molar refractivity (Wildman–Crippen MR) is 249 cm³/mol. The van der Waals surface area contributed by atoms with Gasteiger partial charge in [0.15, 0.2) is 5.82 Å². The molecule has 0 spiro atoms. The van der Waals surface area contributed by atoms with Crippen LogP contribution in [-0.4, -0.2) is 9.97 Å². The zero-order valence-corrected chi connectivity index (χ0v) is 33.3. The summed E-state index contributed by atoms with van der Waals surface area (Å²) in [5.41, 5.74) is 16.7. The highest BCUT2D eigenvalue weighted by Crippen LogP contribution is 2.51. The van der Waals surface area contributed by atoms with Crippen molar-refractivity contribution in [1.82, 2.24) is 9.97 Å². The van der Waals surface area contributed by atoms with Gasteiger partial charge >= 0.3 is 0 Å². The van der Waals surface area contributed by atoms with Crippen LogP contribution in [0.15, 0.2) is 199 Å². The molecule has 0 N–H and O–H groups in total. The van der Waals surface area contributed by atoms with Gasteiger partial charge in [0.25, 0.3) is 0 Å². The number of aromatic nitrogens is 2. The van der Waals surface area contributed by atoms with Crippen LogP contribution >= 0.6 is 0 Å². The van der Waals surface area contributed by atoms with E-state index < -0.39 is 0 Å². The fourth-order valence-corrected chi connectivity index (χ4v) is 9.65. The molecule has 0 unspecified atom stereocenters. The SMILES string of the molecule is CC1(C)c2cc(-c3ccc(-c4ccc(-c5cc(-c6cccc7oc8ccccc8c67)nc(-c6ccccc6)n5)c5ccccc45)cc3)ccc2-c2cc3ccccc3cc21. The van der Waals surface area contributed by atoms with Crippen molar-refractivity contribution in [3.05, 3.63) is 205 Å². The van der Waals surface area contributed by atoms with Crippen molar-refractivity contribution in [2.75, 3.05) is 0 Å². The van der Waals surface area contributed by atoms with Crippen LogP contribution in [0.2, 0.25) is 0 Å². The van der Waals surface area contributed by atoms with Crippen LogP contribution in [0, 0.1) is 0 Å². The lowest BCUT2D eigenvalue weighted by Gasteiger charge is -2.22. The number of furan rings is 1. The van der Waals surface area contributed by atoms with Gasteiger partial charge in [-0.1, -0.05) is 172 Å². The lowest BCUT2D eigenvalue weighted by Crippen LogP contribution is -2.15. The van der Waals surface area contributed by atoms with E-state index in [1.807, 2.05) is 42.5 Å². The van der Waals surface area contributed by atoms with E-state index in [-0.39, 0.29) is 5.41 Å². The highest BCUT2D eigenvalue weighted by atomic mass is 16.3. The van der Waals surface area contributed by atoms with Gasteiger partial charge in [-0.05, 0) is 102 Å². The van der Waals surface area contributed by atoms with Gasteiger partial charge in [0.1, 0.15) is 11.2 Å². The molecule has 0 atom stereocenters. The van der Waals surface area contributed by atoms with Gasteiger partial charge in [0, 0.05) is 32.9 Å². The molecule has 282 valence electrons. The Morgan fingerprint density at radius 2 is 0.950 bits per heavy atom. The van der Waals surface area contributed by atoms with Gasteiger partial charge in [0.05, 0.1) is 11.4 Å². The minimum absolute atomic E-state index is 0.0847. The van der Waals surface area contributed by atoms with Crippen LogP contribution in [0.4, 0.5) is 0 Å². The van der Waals surface area contributed by atoms with E-state index in [0.717, 1.165) is 55.4 Å². The summed E-state index contributed by atoms with van der Waals surface area (Å²) in [5.74, 6) is 0.684. The number of hydrogen-bond acceptors (Lipinski definition) is 3. The zero-order chi connectivity index (χ0) is 40.0. The molecule has 3 heteroatoms. The summed E-state index contributed by atoms with van der Waals surface area (Å²) < 4.78 is 6.30. The van der Waals surface area contributed by atoms with E-state index in [9.17, 15) is 0 Å². The maximum absolute atomic E-state index is 6.30. The molecule has 0 aliphatic heterocycles. The summed E-state index contributed by atoms with van der Waals surface area (Å²) in [7, 11) is 0. The van der Waals surface area contributed by atoms with E-state index >= 15 is 0 Å². The van der Waals surface area contributed by atoms with Crippen molar-refractivity contribution in [2.45, 2.75) is 19.3 Å². The van der Waals surface area contributed by atoms with Crippen LogP contribution in [0.1, 0.15) is 25.0 Å². The highest BCUT2D eigenvalue weighted by molar-refractivity contribution is 6.12. The first-order valence-corrected chi connectivity index (χ1v) is 20.6. The molecule has 1 aliphatic carbocycles. The van der Waals surface area contributed by atoms with Crippen LogP contribution < -0.4 is 0 Å². The Hall–Kier alpha value is -7.62. The van der Waals surface area contributed by atoms with Gasteiger partial charge in [-0.3, -0.25) is 0 Å². The fraction of sp³-hybridized carbons (Fsp3) is 0.0526. The van der Waals surface area contributed by atoms with Crippen molar-refractivity contribution in [2.24, 2.45) is 0 Å². The summed E-state index contributed by atoms with van der Waals surface area (Å²) in [4.78, 5) is 10.5. The summed E-state index contributed by atoms with van der Waals surface area (Å²) in [6, 6.07) is 69.5. The molecule has 0 fully saturated rings. The molecule has 3 nitrogen and oxygen atoms in total. The molecule has 0 bridgehead atoms. The standard InChI is InChI=1S/C57H38N2O/c1-57(2)49-33-40(27-28-44(49)48-31-38-15-6-7-16-39(38)32-50(48)57)35-23-25-36(26-24-35)41-29-30-45(43-18-9-8-17-42(41)43)51-34-52(59-56(58-51)37-13-4-3-5-14-37)46-20-12-22-54-55(46)47-19-10-11-21-53(47)60-54/h3-34H,1-2H3. The maximum atomic E-state index is 6.30. The third kappa shape index (κ3) is 5.36. The van der Waals surface area contributed by atoms with Crippen molar-refractivity contribution < 1.29 is 4.42 Å². The molecule has 0 saturated carbocycles. The number of hydrogen-bond donors (Lipinski definition) is 0. The minimum Gasteiger partial charge on any atom is -0.456 e. The van der Waals surface area contributed by atoms with Gasteiger partial charge in [-0.2, -0.15) is 0 Å². The Bertz CT molecular complexity index is 3500. The Labute approximate surface area is 348 Å². The van der Waals surface area contributed by atoms with Crippen molar-refractivity contribution in [3.8, 4) is 67.3 Å². The molecule has 60 heavy (non-hydrogen) atoms. The smallest absolute Gasteiger partial charge is 0.160 e. The van der Waals surface area contributed by atoms with Crippen LogP contribution in [0.3, 0.4) is 0 Å². The molecular formula is C57H38N2O. The Balaban J connectivity index is 0.944. The topological polar surface area (TPSA) is 38.9 Å². The summed E-state index contributed by atoms with van der Waals surface area (Å²) in [5, 5.41) is 7.03. The Kier molecular flexibility index (Phi) is 7.58. The van der Waals surface area contributed by atoms with Crippen LogP contribution in [-0.2, 0) is 5.41 Å². The third-order valence-corrected chi connectivity index (χ3v) is 12.7. The summed E-state index contributed by atoms with van der Waals surface area (Å²) >= 11 is 0. The van der Waals surface area contributed by atoms with E-state index in [1.54, 1.807) is 0 Å². The number of rotatable bonds is 5. The molecule has 0 saturated heterocycles. The summed E-state index contributed by atoms with van der Waals surface area (Å²) in [6.07, 6.45) is 0. The predicted octanol–water partition coefficient (Wildman–Crippen LogP) is 15.3. The van der Waals surface area contributed by atoms with Crippen LogP contribution in [0.25, 0.3) is 111 Å². The first-order chi connectivity index (χ1) is 29.5. The molecule has 2 aromatic heterocycles. The first-order valence-electron chi connectivity index (χ1n) is 20.6. The average Bonchev–Trinajstić information content (AvgIpc) is 3.79. The van der Waals surface area contributed by atoms with E-state index in [4.69, 9.17) is 14.4 Å². The molecular weight excluding hydrogens is 729 g/mol. The molecule has 12 rings (SSSR count). The Morgan fingerprint density at radius 1 is 0.367 bits per heavy atom. The molecule has 2 heterocycles. The summed E-state index contributed by atoms with van der Waals surface area (Å²) in [6.45, 7) is 4.72. The number of para-hydroxylation sites is 1. The van der Waals surface area contributed by atoms with Gasteiger partial charge < -0.3 is 4.42 Å². The Morgan fingerprint density at radius 3 is 1.75 bits per heavy atom. The highest BCUT2D eigenvalue weighted by Gasteiger charge is 2.36. The van der Waals surface area contributed by atoms with Crippen molar-refractivity contribution in [1.29, 1.82) is 0 Å². The second-order valence-corrected chi connectivity index (χ2v) is 16.5. The lowest BCUT2D eigenvalue weighted by atomic mass is 9.81. The second-order valence-electron chi connectivity index (χ2n) is 16.5. The quantitative estimate of drug-likeness (QED) is 0.175. The molecule has 9 aromatic carbocycles. The first kappa shape index (κ1) is 34.4. The lowest BCUT2D eigenvalue weighted by molar-refractivity contribution is 0.661. The van der Waals surface area contributed by atoms with Gasteiger partial charge in [-0.15, -0.1) is 0 Å². The monoisotopic (exact) mass is 766 g/mol. The van der Waals surface area contributed by atoms with Gasteiger partial charge in [-0.25, -0.2) is 9.97 Å². The molecule has 11 aromatic rings. The van der Waals surface area contributed by atoms with Crippen molar-refractivity contribution in [3.63, 3.8) is 0 Å². The largest absolute Gasteiger partial charge is 0.456 e. The molecule has 0 amide bonds. The van der Waals surface area contributed by atoms with Gasteiger partial charge in [0.2, 0.25) is 0 Å². The number of fused-ring (bicyclic) bond motifs is 8. The zero-order valence-electron chi connectivity index (χ0n) is 33.3. The number of benzene rings is 9. The second kappa shape index (κ2) is 13.2. The maximum Gasteiger partial charge on any atom is 0.160 e. The normalized spacial score (nSPS) is 13.0. The third-order valence-electron chi connectivity index (χ3n) is 12.7. The molecule has 1 aliphatic rings. The van der Waals surface area contributed by atoms with Crippen molar-refractivity contribution >= 4 is 43.5 Å².